The summed E-state index contributed by atoms with van der Waals surface area (Å²) in [4.78, 5) is 8.26. The molecule has 1 unspecified atom stereocenters. The highest BCUT2D eigenvalue weighted by Gasteiger charge is 2.27. The van der Waals surface area contributed by atoms with Crippen LogP contribution < -0.4 is 0 Å². The van der Waals surface area contributed by atoms with Crippen LogP contribution in [0, 0.1) is 0 Å². The van der Waals surface area contributed by atoms with E-state index in [1.807, 2.05) is 0 Å². The van der Waals surface area contributed by atoms with Gasteiger partial charge in [-0.25, -0.2) is 0 Å². The predicted molar refractivity (Wildman–Crippen MR) is 35.2 cm³/mol. The third-order valence-corrected chi connectivity index (χ3v) is 1.43. The molecule has 0 fully saturated rings. The lowest BCUT2D eigenvalue weighted by Crippen LogP contribution is -2.16. The van der Waals surface area contributed by atoms with E-state index in [-0.39, 0.29) is 0 Å². The van der Waals surface area contributed by atoms with Crippen molar-refractivity contribution in [3.05, 3.63) is 12.7 Å². The molecule has 0 heterocycles. The first-order valence-corrected chi connectivity index (χ1v) is 3.60. The molecule has 0 bridgehead atoms. The van der Waals surface area contributed by atoms with Gasteiger partial charge in [-0.15, -0.1) is 16.0 Å². The van der Waals surface area contributed by atoms with Crippen molar-refractivity contribution in [3.63, 3.8) is 0 Å². The van der Waals surface area contributed by atoms with Crippen LogP contribution in [0.2, 0.25) is 0 Å². The van der Waals surface area contributed by atoms with Gasteiger partial charge < -0.3 is 0 Å². The van der Waals surface area contributed by atoms with Gasteiger partial charge >= 0.3 is 8.25 Å². The van der Waals surface area contributed by atoms with E-state index in [2.05, 4.69) is 11.1 Å². The Morgan fingerprint density at radius 3 is 2.33 bits per heavy atom. The molecule has 52 valence electrons. The van der Waals surface area contributed by atoms with Gasteiger partial charge in [-0.2, -0.15) is 0 Å². The molecular weight excluding hydrogens is 139 g/mol. The zero-order chi connectivity index (χ0) is 7.49. The number of rotatable bonds is 3. The molecule has 4 heteroatoms. The summed E-state index contributed by atoms with van der Waals surface area (Å²) >= 11 is 0. The van der Waals surface area contributed by atoms with E-state index in [0.717, 1.165) is 0 Å². The molecule has 0 spiro atoms. The first-order valence-electron chi connectivity index (χ1n) is 2.47. The Hall–Kier alpha value is -0.240. The molecule has 0 aromatic carbocycles. The summed E-state index contributed by atoms with van der Waals surface area (Å²) in [5.41, 5.74) is -0.706. The molecule has 0 aliphatic carbocycles. The van der Waals surface area contributed by atoms with Crippen molar-refractivity contribution in [3.8, 4) is 0 Å². The lowest BCUT2D eigenvalue weighted by molar-refractivity contribution is 0.152. The molecule has 0 aromatic rings. The van der Waals surface area contributed by atoms with Gasteiger partial charge in [0.1, 0.15) is 5.60 Å². The maximum atomic E-state index is 10.1. The van der Waals surface area contributed by atoms with Crippen LogP contribution in [0.5, 0.6) is 0 Å². The molecule has 9 heavy (non-hydrogen) atoms. The second-order valence-corrected chi connectivity index (χ2v) is 2.79. The van der Waals surface area contributed by atoms with Crippen LogP contribution in [0.25, 0.3) is 0 Å². The Labute approximate surface area is 55.3 Å². The summed E-state index contributed by atoms with van der Waals surface area (Å²) in [7, 11) is -2.52. The molecule has 1 atom stereocenters. The summed E-state index contributed by atoms with van der Waals surface area (Å²) in [6.07, 6.45) is 1.47. The zero-order valence-corrected chi connectivity index (χ0v) is 6.39. The fourth-order valence-corrected chi connectivity index (χ4v) is 0.716. The predicted octanol–water partition coefficient (Wildman–Crippen LogP) is 1.62. The van der Waals surface area contributed by atoms with Gasteiger partial charge in [-0.1, -0.05) is 6.08 Å². The summed E-state index contributed by atoms with van der Waals surface area (Å²) in [5.74, 6) is 0. The van der Waals surface area contributed by atoms with Crippen LogP contribution in [0.15, 0.2) is 12.7 Å². The van der Waals surface area contributed by atoms with Gasteiger partial charge in [0.2, 0.25) is 0 Å². The molecule has 0 aromatic heterocycles. The maximum absolute atomic E-state index is 10.1. The molecule has 0 aliphatic rings. The average molecular weight is 149 g/mol. The molecule has 0 radical (unpaired) electrons. The van der Waals surface area contributed by atoms with Crippen LogP contribution in [0.3, 0.4) is 0 Å². The zero-order valence-electron chi connectivity index (χ0n) is 5.50. The van der Waals surface area contributed by atoms with E-state index in [1.54, 1.807) is 13.8 Å². The van der Waals surface area contributed by atoms with Crippen LogP contribution in [0.1, 0.15) is 13.8 Å². The van der Waals surface area contributed by atoms with E-state index in [9.17, 15) is 4.57 Å². The van der Waals surface area contributed by atoms with Gasteiger partial charge in [-0.05, 0) is 13.8 Å². The Bertz CT molecular complexity index is 130. The molecule has 0 amide bonds. The highest BCUT2D eigenvalue weighted by atomic mass is 31.1. The van der Waals surface area contributed by atoms with Gasteiger partial charge in [0.25, 0.3) is 0 Å². The highest BCUT2D eigenvalue weighted by Crippen LogP contribution is 2.25. The first kappa shape index (κ1) is 8.76. The Morgan fingerprint density at radius 2 is 2.22 bits per heavy atom. The minimum atomic E-state index is -2.52. The lowest BCUT2D eigenvalue weighted by Gasteiger charge is -2.08. The summed E-state index contributed by atoms with van der Waals surface area (Å²) in [6, 6.07) is 0. The standard InChI is InChI=1S/C5H9O3P/c1-4-5(2,3)8-9(6)7/h4H,1H2,2-3H3/p+1. The van der Waals surface area contributed by atoms with Crippen molar-refractivity contribution in [1.29, 1.82) is 0 Å². The van der Waals surface area contributed by atoms with Gasteiger partial charge in [0, 0.05) is 4.57 Å². The third-order valence-electron chi connectivity index (χ3n) is 0.805. The molecule has 3 nitrogen and oxygen atoms in total. The molecular formula is C5H10O3P+. The number of hydrogen-bond acceptors (Lipinski definition) is 2. The minimum Gasteiger partial charge on any atom is -0.133 e. The van der Waals surface area contributed by atoms with Crippen LogP contribution in [0.4, 0.5) is 0 Å². The smallest absolute Gasteiger partial charge is 0.133 e. The van der Waals surface area contributed by atoms with Crippen molar-refractivity contribution in [1.82, 2.24) is 0 Å². The summed E-state index contributed by atoms with van der Waals surface area (Å²) < 4.78 is 14.6. The monoisotopic (exact) mass is 149 g/mol. The number of hydrogen-bond donors (Lipinski definition) is 1. The quantitative estimate of drug-likeness (QED) is 0.489. The first-order chi connectivity index (χ1) is 3.98. The van der Waals surface area contributed by atoms with Crippen molar-refractivity contribution in [2.45, 2.75) is 19.4 Å². The average Bonchev–Trinajstić information content (AvgIpc) is 1.63. The third kappa shape index (κ3) is 4.28. The van der Waals surface area contributed by atoms with Gasteiger partial charge in [0.15, 0.2) is 0 Å². The van der Waals surface area contributed by atoms with Crippen molar-refractivity contribution >= 4 is 8.25 Å². The van der Waals surface area contributed by atoms with Crippen LogP contribution in [-0.2, 0) is 9.09 Å². The molecule has 0 aliphatic heterocycles. The molecule has 0 saturated carbocycles. The largest absolute Gasteiger partial charge is 0.695 e. The normalized spacial score (nSPS) is 13.0. The fraction of sp³-hybridized carbons (Fsp3) is 0.600. The van der Waals surface area contributed by atoms with E-state index in [4.69, 9.17) is 4.89 Å². The Morgan fingerprint density at radius 1 is 1.78 bits per heavy atom. The topological polar surface area (TPSA) is 46.5 Å². The highest BCUT2D eigenvalue weighted by molar-refractivity contribution is 7.32. The fourth-order valence-electron chi connectivity index (χ4n) is 0.239. The van der Waals surface area contributed by atoms with Crippen LogP contribution >= 0.6 is 8.25 Å². The summed E-state index contributed by atoms with van der Waals surface area (Å²) in [5, 5.41) is 0. The van der Waals surface area contributed by atoms with Crippen molar-refractivity contribution in [2.75, 3.05) is 0 Å². The molecule has 0 saturated heterocycles. The Kier molecular flexibility index (Phi) is 2.98. The lowest BCUT2D eigenvalue weighted by atomic mass is 10.1. The maximum Gasteiger partial charge on any atom is 0.695 e. The van der Waals surface area contributed by atoms with E-state index >= 15 is 0 Å². The van der Waals surface area contributed by atoms with Gasteiger partial charge in [0.05, 0.1) is 0 Å². The second-order valence-electron chi connectivity index (χ2n) is 2.14. The molecule has 0 rings (SSSR count). The van der Waals surface area contributed by atoms with Crippen LogP contribution in [-0.4, -0.2) is 10.5 Å². The van der Waals surface area contributed by atoms with E-state index < -0.39 is 13.9 Å². The second kappa shape index (κ2) is 3.06. The summed E-state index contributed by atoms with van der Waals surface area (Å²) in [6.45, 7) is 6.73. The van der Waals surface area contributed by atoms with Gasteiger partial charge in [-0.3, -0.25) is 0 Å². The van der Waals surface area contributed by atoms with Crippen molar-refractivity contribution in [2.24, 2.45) is 0 Å². The van der Waals surface area contributed by atoms with E-state index in [0.29, 0.717) is 0 Å². The SMILES string of the molecule is C=CC(C)(C)O[P+](=O)O. The minimum absolute atomic E-state index is 0.706. The van der Waals surface area contributed by atoms with E-state index in [1.165, 1.54) is 6.08 Å². The molecule has 1 N–H and O–H groups in total. The van der Waals surface area contributed by atoms with Crippen molar-refractivity contribution < 1.29 is 14.0 Å². The Balaban J connectivity index is 3.86.